The van der Waals surface area contributed by atoms with Crippen LogP contribution in [0.4, 0.5) is 4.79 Å². The van der Waals surface area contributed by atoms with Crippen molar-refractivity contribution >= 4 is 41.7 Å². The molecule has 0 radical (unpaired) electrons. The summed E-state index contributed by atoms with van der Waals surface area (Å²) in [6.07, 6.45) is 6.30. The molecule has 0 aromatic heterocycles. The minimum atomic E-state index is -2.49. The summed E-state index contributed by atoms with van der Waals surface area (Å²) in [5.41, 5.74) is -7.57. The first-order valence-corrected chi connectivity index (χ1v) is 32.2. The smallest absolute Gasteiger partial charge is 0.455 e. The number of benzene rings is 3. The van der Waals surface area contributed by atoms with Gasteiger partial charge in [0, 0.05) is 37.7 Å². The first kappa shape index (κ1) is 68.4. The molecule has 0 spiro atoms. The van der Waals surface area contributed by atoms with Crippen molar-refractivity contribution in [2.45, 2.75) is 230 Å². The maximum atomic E-state index is 15.9. The molecule has 19 heteroatoms. The van der Waals surface area contributed by atoms with Crippen LogP contribution in [0.25, 0.3) is 0 Å². The summed E-state index contributed by atoms with van der Waals surface area (Å²) in [6, 6.07) is 22.8. The number of carbonyl (C=O) groups is 7. The molecule has 3 aromatic rings. The van der Waals surface area contributed by atoms with Crippen LogP contribution in [-0.2, 0) is 61.8 Å². The second-order valence-corrected chi connectivity index (χ2v) is 25.7. The molecule has 3 N–H and O–H groups in total. The van der Waals surface area contributed by atoms with Gasteiger partial charge in [0.15, 0.2) is 17.5 Å². The van der Waals surface area contributed by atoms with Crippen LogP contribution in [0.2, 0.25) is 0 Å². The van der Waals surface area contributed by atoms with Crippen LogP contribution in [-0.4, -0.2) is 138 Å². The van der Waals surface area contributed by atoms with E-state index in [1.807, 2.05) is 0 Å². The lowest BCUT2D eigenvalue weighted by atomic mass is 9.44. The van der Waals surface area contributed by atoms with E-state index in [0.717, 1.165) is 39.5 Å². The van der Waals surface area contributed by atoms with Crippen LogP contribution in [0.15, 0.2) is 102 Å². The average Bonchev–Trinajstić information content (AvgIpc) is 0.674. The highest BCUT2D eigenvalue weighted by molar-refractivity contribution is 5.96. The van der Waals surface area contributed by atoms with Gasteiger partial charge in [-0.1, -0.05) is 184 Å². The molecule has 3 aromatic carbocycles. The van der Waals surface area contributed by atoms with Crippen molar-refractivity contribution in [1.82, 2.24) is 5.32 Å². The van der Waals surface area contributed by atoms with E-state index in [0.29, 0.717) is 12.2 Å². The van der Waals surface area contributed by atoms with Crippen LogP contribution >= 0.6 is 0 Å². The van der Waals surface area contributed by atoms with Gasteiger partial charge in [-0.25, -0.2) is 14.4 Å². The number of ether oxygens (including phenoxy) is 9. The van der Waals surface area contributed by atoms with E-state index in [1.165, 1.54) is 103 Å². The fourth-order valence-electron chi connectivity index (χ4n) is 14.2. The number of fused-ring (bicyclic) bond motifs is 5. The van der Waals surface area contributed by atoms with Crippen molar-refractivity contribution in [3.8, 4) is 0 Å². The van der Waals surface area contributed by atoms with Crippen LogP contribution in [0.5, 0.6) is 0 Å². The van der Waals surface area contributed by atoms with E-state index in [1.54, 1.807) is 92.7 Å². The standard InChI is InChI=1S/C70H93NO18/c1-8-9-10-11-12-13-14-15-16-17-18-19-20-21-31-38-51-41-81-42-52(85-51)43-82-66(79)87-59(57(48-32-25-22-26-33-48)71-63(76)49-34-27-23-28-35-49)65(78)86-53-40-70(80)62(88-64(77)50-36-29-24-30-37-50)60-68(7,54(74)39-55-69(60,44-83-55)89-47(4)73)61(75)58(84-46(3)72)56(45(53)2)67(70,5)6/h22-30,32-37,51-55,57-60,62,74,80H,8-21,31,38-44H2,1-7H3,(H,71,76)/t51?,52?,53-,54-,55+,57-,58+,59+,60-,62-,68+,69-,70+/m0/s1. The average molecular weight is 1240 g/mol. The molecule has 13 atom stereocenters. The molecule has 5 aliphatic rings. The lowest BCUT2D eigenvalue weighted by Crippen LogP contribution is -2.82. The molecule has 2 bridgehead atoms. The van der Waals surface area contributed by atoms with Crippen LogP contribution < -0.4 is 5.32 Å². The molecule has 2 aliphatic heterocycles. The minimum absolute atomic E-state index is 0.0426. The fraction of sp³-hybridized carbons (Fsp3) is 0.614. The van der Waals surface area contributed by atoms with Gasteiger partial charge in [0.2, 0.25) is 6.10 Å². The highest BCUT2D eigenvalue weighted by atomic mass is 16.7. The molecule has 4 fully saturated rings. The zero-order chi connectivity index (χ0) is 63.9. The number of ketones is 1. The summed E-state index contributed by atoms with van der Waals surface area (Å²) in [4.78, 5) is 101. The van der Waals surface area contributed by atoms with Crippen LogP contribution in [0, 0.1) is 16.7 Å². The number of rotatable bonds is 29. The Morgan fingerprint density at radius 2 is 1.27 bits per heavy atom. The van der Waals surface area contributed by atoms with Crippen molar-refractivity contribution in [2.24, 2.45) is 16.7 Å². The molecule has 1 amide bonds. The molecule has 2 heterocycles. The Balaban J connectivity index is 1.06. The van der Waals surface area contributed by atoms with E-state index in [-0.39, 0.29) is 54.6 Å². The number of nitrogens with one attached hydrogen (secondary N) is 1. The van der Waals surface area contributed by atoms with Gasteiger partial charge < -0.3 is 58.2 Å². The van der Waals surface area contributed by atoms with Crippen molar-refractivity contribution in [1.29, 1.82) is 0 Å². The van der Waals surface area contributed by atoms with Gasteiger partial charge in [-0.05, 0) is 61.2 Å². The zero-order valence-electron chi connectivity index (χ0n) is 52.9. The monoisotopic (exact) mass is 1240 g/mol. The van der Waals surface area contributed by atoms with E-state index in [4.69, 9.17) is 42.6 Å². The second-order valence-electron chi connectivity index (χ2n) is 25.7. The first-order chi connectivity index (χ1) is 42.7. The quantitative estimate of drug-likeness (QED) is 0.0253. The van der Waals surface area contributed by atoms with Gasteiger partial charge in [-0.3, -0.25) is 19.2 Å². The minimum Gasteiger partial charge on any atom is -0.455 e. The van der Waals surface area contributed by atoms with Gasteiger partial charge in [-0.2, -0.15) is 0 Å². The van der Waals surface area contributed by atoms with E-state index in [2.05, 4.69) is 12.2 Å². The number of Topliss-reactive ketones (excluding diaryl/α,β-unsaturated/α-hetero) is 1. The van der Waals surface area contributed by atoms with Crippen molar-refractivity contribution in [3.05, 3.63) is 119 Å². The lowest BCUT2D eigenvalue weighted by molar-refractivity contribution is -0.346. The van der Waals surface area contributed by atoms with Crippen LogP contribution in [0.3, 0.4) is 0 Å². The molecule has 3 aliphatic carbocycles. The third-order valence-electron chi connectivity index (χ3n) is 19.2. The summed E-state index contributed by atoms with van der Waals surface area (Å²) in [5.74, 6) is -7.12. The largest absolute Gasteiger partial charge is 0.509 e. The molecule has 2 saturated heterocycles. The first-order valence-electron chi connectivity index (χ1n) is 32.2. The molecule has 486 valence electrons. The number of carbonyl (C=O) groups excluding carboxylic acids is 7. The summed E-state index contributed by atoms with van der Waals surface area (Å²) < 4.78 is 55.1. The van der Waals surface area contributed by atoms with Crippen molar-refractivity contribution in [3.63, 3.8) is 0 Å². The number of unbranched alkanes of at least 4 members (excludes halogenated alkanes) is 14. The summed E-state index contributed by atoms with van der Waals surface area (Å²) in [7, 11) is 0. The molecular weight excluding hydrogens is 1140 g/mol. The number of hydrogen-bond donors (Lipinski definition) is 3. The maximum Gasteiger partial charge on any atom is 0.509 e. The van der Waals surface area contributed by atoms with Gasteiger partial charge in [0.25, 0.3) is 5.91 Å². The van der Waals surface area contributed by atoms with E-state index in [9.17, 15) is 34.2 Å². The summed E-state index contributed by atoms with van der Waals surface area (Å²) in [5, 5.41) is 29.3. The third-order valence-corrected chi connectivity index (χ3v) is 19.2. The third kappa shape index (κ3) is 15.8. The Bertz CT molecular complexity index is 2920. The molecular formula is C70H93NO18. The van der Waals surface area contributed by atoms with Crippen molar-refractivity contribution in [2.75, 3.05) is 26.4 Å². The molecule has 89 heavy (non-hydrogen) atoms. The predicted octanol–water partition coefficient (Wildman–Crippen LogP) is 10.9. The Morgan fingerprint density at radius 1 is 0.708 bits per heavy atom. The Morgan fingerprint density at radius 3 is 1.83 bits per heavy atom. The van der Waals surface area contributed by atoms with Crippen LogP contribution in [0.1, 0.15) is 196 Å². The Kier molecular flexibility index (Phi) is 23.8. The summed E-state index contributed by atoms with van der Waals surface area (Å²) >= 11 is 0. The molecule has 2 unspecified atom stereocenters. The number of amides is 1. The SMILES string of the molecule is CCCCCCCCCCCCCCCCCC1COCC(COC(=O)O[C@@H](C(=O)O[C@H]2C[C@@]3(O)[C@@H](OC(=O)c4ccccc4)[C@@H]4[C@]5(OC(C)=O)CO[C@@H]5C[C@H](O)[C@@]4(C)C(=O)[C@H](OC(C)=O)C(=C2C)C3(C)C)[C@@H](NC(=O)c2ccccc2)c2ccccc2)O1. The van der Waals surface area contributed by atoms with Gasteiger partial charge >= 0.3 is 30.0 Å². The molecule has 2 saturated carbocycles. The van der Waals surface area contributed by atoms with E-state index < -0.39 is 125 Å². The normalized spacial score (nSPS) is 28.4. The highest BCUT2D eigenvalue weighted by Gasteiger charge is 2.78. The van der Waals surface area contributed by atoms with Crippen molar-refractivity contribution < 1.29 is 86.4 Å². The Hall–Kier alpha value is -6.51. The van der Waals surface area contributed by atoms with Gasteiger partial charge in [-0.15, -0.1) is 0 Å². The number of aliphatic hydroxyl groups excluding tert-OH is 1. The highest BCUT2D eigenvalue weighted by Crippen LogP contribution is 2.64. The Labute approximate surface area is 523 Å². The van der Waals surface area contributed by atoms with E-state index >= 15 is 9.59 Å². The maximum absolute atomic E-state index is 15.9. The number of hydrogen-bond acceptors (Lipinski definition) is 18. The fourth-order valence-corrected chi connectivity index (χ4v) is 14.2. The number of aliphatic hydroxyl groups is 2. The predicted molar refractivity (Wildman–Crippen MR) is 327 cm³/mol. The van der Waals surface area contributed by atoms with Gasteiger partial charge in [0.05, 0.1) is 48.9 Å². The second kappa shape index (κ2) is 31.0. The van der Waals surface area contributed by atoms with Gasteiger partial charge in [0.1, 0.15) is 42.7 Å². The summed E-state index contributed by atoms with van der Waals surface area (Å²) in [6.45, 7) is 10.4. The molecule has 19 nitrogen and oxygen atoms in total. The molecule has 8 rings (SSSR count). The topological polar surface area (TPSA) is 255 Å². The lowest BCUT2D eigenvalue weighted by Gasteiger charge is -2.67. The zero-order valence-corrected chi connectivity index (χ0v) is 52.9. The number of esters is 4.